The first-order valence-electron chi connectivity index (χ1n) is 7.69. The van der Waals surface area contributed by atoms with Crippen molar-refractivity contribution >= 4 is 39.9 Å². The molecule has 2 N–H and O–H groups in total. The maximum absolute atomic E-state index is 12.8. The summed E-state index contributed by atoms with van der Waals surface area (Å²) in [6, 6.07) is 5.37. The van der Waals surface area contributed by atoms with E-state index in [-0.39, 0.29) is 17.6 Å². The Morgan fingerprint density at radius 2 is 1.95 bits per heavy atom. The molecule has 0 spiro atoms. The van der Waals surface area contributed by atoms with Gasteiger partial charge in [-0.05, 0) is 31.0 Å². The van der Waals surface area contributed by atoms with Crippen LogP contribution in [0.1, 0.15) is 49.5 Å². The predicted molar refractivity (Wildman–Crippen MR) is 88.5 cm³/mol. The lowest BCUT2D eigenvalue weighted by atomic mass is 9.85. The summed E-state index contributed by atoms with van der Waals surface area (Å²) in [5.41, 5.74) is 1.85. The minimum absolute atomic E-state index is 0.0461. The summed E-state index contributed by atoms with van der Waals surface area (Å²) in [5.74, 6) is -0.0471. The second kappa shape index (κ2) is 6.13. The molecular weight excluding hydrogens is 300 g/mol. The number of anilines is 1. The van der Waals surface area contributed by atoms with Crippen LogP contribution in [0.3, 0.4) is 0 Å². The van der Waals surface area contributed by atoms with Gasteiger partial charge >= 0.3 is 0 Å². The molecule has 4 nitrogen and oxygen atoms in total. The van der Waals surface area contributed by atoms with Crippen molar-refractivity contribution in [3.05, 3.63) is 28.9 Å². The van der Waals surface area contributed by atoms with E-state index in [1.807, 2.05) is 6.07 Å². The number of aromatic nitrogens is 1. The third-order valence-electron chi connectivity index (χ3n) is 4.28. The van der Waals surface area contributed by atoms with Gasteiger partial charge in [0.15, 0.2) is 5.78 Å². The zero-order chi connectivity index (χ0) is 15.7. The molecule has 1 fully saturated rings. The molecule has 116 valence electrons. The van der Waals surface area contributed by atoms with Crippen LogP contribution in [0.15, 0.2) is 18.2 Å². The maximum Gasteiger partial charge on any atom is 0.221 e. The van der Waals surface area contributed by atoms with Crippen LogP contribution in [-0.2, 0) is 4.79 Å². The van der Waals surface area contributed by atoms with Gasteiger partial charge < -0.3 is 10.3 Å². The number of fused-ring (bicyclic) bond motifs is 1. The summed E-state index contributed by atoms with van der Waals surface area (Å²) in [6.45, 7) is 1.45. The van der Waals surface area contributed by atoms with Gasteiger partial charge in [-0.3, -0.25) is 9.59 Å². The minimum Gasteiger partial charge on any atom is -0.350 e. The van der Waals surface area contributed by atoms with Crippen LogP contribution in [0, 0.1) is 5.92 Å². The number of Topliss-reactive ketones (excluding diaryl/α,β-unsaturated/α-hetero) is 1. The molecular formula is C17H19ClN2O2. The fraction of sp³-hybridized carbons (Fsp3) is 0.412. The molecule has 0 saturated heterocycles. The first-order valence-corrected chi connectivity index (χ1v) is 8.07. The van der Waals surface area contributed by atoms with Gasteiger partial charge in [0.2, 0.25) is 5.91 Å². The van der Waals surface area contributed by atoms with Gasteiger partial charge in [-0.1, -0.05) is 30.9 Å². The Morgan fingerprint density at radius 3 is 2.64 bits per heavy atom. The third kappa shape index (κ3) is 2.88. The summed E-state index contributed by atoms with van der Waals surface area (Å²) in [7, 11) is 0. The number of benzene rings is 1. The summed E-state index contributed by atoms with van der Waals surface area (Å²) >= 11 is 6.02. The van der Waals surface area contributed by atoms with E-state index in [2.05, 4.69) is 10.3 Å². The van der Waals surface area contributed by atoms with E-state index in [0.717, 1.165) is 36.6 Å². The molecule has 0 radical (unpaired) electrons. The second-order valence-electron chi connectivity index (χ2n) is 5.95. The molecule has 2 aromatic rings. The van der Waals surface area contributed by atoms with Gasteiger partial charge in [-0.15, -0.1) is 0 Å². The highest BCUT2D eigenvalue weighted by atomic mass is 35.5. The number of ketones is 1. The van der Waals surface area contributed by atoms with Crippen molar-refractivity contribution in [3.63, 3.8) is 0 Å². The highest BCUT2D eigenvalue weighted by Crippen LogP contribution is 2.34. The smallest absolute Gasteiger partial charge is 0.221 e. The normalized spacial score (nSPS) is 15.9. The first kappa shape index (κ1) is 15.1. The summed E-state index contributed by atoms with van der Waals surface area (Å²) in [5, 5.41) is 4.22. The lowest BCUT2D eigenvalue weighted by Gasteiger charge is -2.20. The molecule has 1 aromatic carbocycles. The molecule has 0 unspecified atom stereocenters. The number of hydrogen-bond donors (Lipinski definition) is 2. The average Bonchev–Trinajstić information content (AvgIpc) is 2.84. The fourth-order valence-electron chi connectivity index (χ4n) is 3.23. The van der Waals surface area contributed by atoms with Crippen LogP contribution in [0.4, 0.5) is 5.69 Å². The monoisotopic (exact) mass is 318 g/mol. The molecule has 1 aliphatic carbocycles. The summed E-state index contributed by atoms with van der Waals surface area (Å²) < 4.78 is 0. The summed E-state index contributed by atoms with van der Waals surface area (Å²) in [6.07, 6.45) is 5.24. The van der Waals surface area contributed by atoms with Crippen LogP contribution >= 0.6 is 11.6 Å². The molecule has 1 amide bonds. The van der Waals surface area contributed by atoms with Crippen molar-refractivity contribution in [1.29, 1.82) is 0 Å². The topological polar surface area (TPSA) is 62.0 Å². The molecule has 1 aliphatic rings. The number of carbonyl (C=O) groups is 2. The largest absolute Gasteiger partial charge is 0.350 e. The van der Waals surface area contributed by atoms with E-state index in [4.69, 9.17) is 11.6 Å². The van der Waals surface area contributed by atoms with Gasteiger partial charge in [0.1, 0.15) is 5.69 Å². The van der Waals surface area contributed by atoms with Gasteiger partial charge in [-0.2, -0.15) is 0 Å². The lowest BCUT2D eigenvalue weighted by Crippen LogP contribution is -2.20. The Morgan fingerprint density at radius 1 is 1.23 bits per heavy atom. The molecule has 0 aliphatic heterocycles. The molecule has 1 saturated carbocycles. The molecule has 1 aromatic heterocycles. The Kier molecular flexibility index (Phi) is 4.21. The third-order valence-corrected chi connectivity index (χ3v) is 4.52. The number of halogens is 1. The predicted octanol–water partition coefficient (Wildman–Crippen LogP) is 4.54. The van der Waals surface area contributed by atoms with Crippen molar-refractivity contribution in [1.82, 2.24) is 4.98 Å². The van der Waals surface area contributed by atoms with Crippen LogP contribution in [0.25, 0.3) is 10.9 Å². The van der Waals surface area contributed by atoms with Crippen molar-refractivity contribution in [2.24, 2.45) is 5.92 Å². The van der Waals surface area contributed by atoms with Crippen LogP contribution in [-0.4, -0.2) is 16.7 Å². The van der Waals surface area contributed by atoms with Crippen LogP contribution < -0.4 is 5.32 Å². The number of rotatable bonds is 3. The van der Waals surface area contributed by atoms with Crippen LogP contribution in [0.5, 0.6) is 0 Å². The van der Waals surface area contributed by atoms with Crippen LogP contribution in [0.2, 0.25) is 5.02 Å². The molecule has 1 heterocycles. The Balaban J connectivity index is 2.06. The molecule has 22 heavy (non-hydrogen) atoms. The lowest BCUT2D eigenvalue weighted by molar-refractivity contribution is -0.114. The van der Waals surface area contributed by atoms with Crippen molar-refractivity contribution in [2.75, 3.05) is 5.32 Å². The maximum atomic E-state index is 12.8. The SMILES string of the molecule is CC(=O)Nc1c(C(=O)C2CCCCC2)[nH]c2cc(Cl)ccc12. The standard InChI is InChI=1S/C17H19ClN2O2/c1-10(21)19-15-13-8-7-12(18)9-14(13)20-16(15)17(22)11-5-3-2-4-6-11/h7-9,11,20H,2-6H2,1H3,(H,19,21). The van der Waals surface area contributed by atoms with E-state index >= 15 is 0 Å². The molecule has 5 heteroatoms. The van der Waals surface area contributed by atoms with Crippen molar-refractivity contribution < 1.29 is 9.59 Å². The van der Waals surface area contributed by atoms with E-state index in [1.54, 1.807) is 12.1 Å². The second-order valence-corrected chi connectivity index (χ2v) is 6.38. The molecule has 3 rings (SSSR count). The zero-order valence-corrected chi connectivity index (χ0v) is 13.3. The number of aromatic amines is 1. The van der Waals surface area contributed by atoms with Crippen molar-refractivity contribution in [3.8, 4) is 0 Å². The van der Waals surface area contributed by atoms with E-state index < -0.39 is 0 Å². The molecule has 0 bridgehead atoms. The molecule has 0 atom stereocenters. The highest BCUT2D eigenvalue weighted by molar-refractivity contribution is 6.31. The number of H-pyrrole nitrogens is 1. The van der Waals surface area contributed by atoms with E-state index in [9.17, 15) is 9.59 Å². The Hall–Kier alpha value is -1.81. The number of nitrogens with one attached hydrogen (secondary N) is 2. The van der Waals surface area contributed by atoms with E-state index in [0.29, 0.717) is 16.4 Å². The van der Waals surface area contributed by atoms with Gasteiger partial charge in [0, 0.05) is 28.8 Å². The fourth-order valence-corrected chi connectivity index (χ4v) is 3.40. The van der Waals surface area contributed by atoms with Gasteiger partial charge in [0.05, 0.1) is 5.69 Å². The quantitative estimate of drug-likeness (QED) is 0.816. The number of amides is 1. The Labute approximate surface area is 134 Å². The first-order chi connectivity index (χ1) is 10.6. The average molecular weight is 319 g/mol. The Bertz CT molecular complexity index is 730. The number of hydrogen-bond acceptors (Lipinski definition) is 2. The zero-order valence-electron chi connectivity index (χ0n) is 12.5. The number of carbonyl (C=O) groups excluding carboxylic acids is 2. The summed E-state index contributed by atoms with van der Waals surface area (Å²) in [4.78, 5) is 27.5. The van der Waals surface area contributed by atoms with Gasteiger partial charge in [0.25, 0.3) is 0 Å². The highest BCUT2D eigenvalue weighted by Gasteiger charge is 2.27. The van der Waals surface area contributed by atoms with Crippen molar-refractivity contribution in [2.45, 2.75) is 39.0 Å². The van der Waals surface area contributed by atoms with Gasteiger partial charge in [-0.25, -0.2) is 0 Å². The van der Waals surface area contributed by atoms with E-state index in [1.165, 1.54) is 13.3 Å². The minimum atomic E-state index is -0.187.